The summed E-state index contributed by atoms with van der Waals surface area (Å²) >= 11 is 6.06. The zero-order valence-corrected chi connectivity index (χ0v) is 16.7. The monoisotopic (exact) mass is 397 g/mol. The fourth-order valence-corrected chi connectivity index (χ4v) is 3.44. The lowest BCUT2D eigenvalue weighted by molar-refractivity contribution is -0.130. The lowest BCUT2D eigenvalue weighted by Crippen LogP contribution is -2.50. The van der Waals surface area contributed by atoms with Gasteiger partial charge in [0.25, 0.3) is 5.91 Å². The molecule has 28 heavy (non-hydrogen) atoms. The Morgan fingerprint density at radius 3 is 2.39 bits per heavy atom. The highest BCUT2D eigenvalue weighted by atomic mass is 35.5. The molecule has 146 valence electrons. The third-order valence-corrected chi connectivity index (χ3v) is 4.84. The molecule has 0 radical (unpaired) electrons. The van der Waals surface area contributed by atoms with E-state index in [0.29, 0.717) is 18.8 Å². The zero-order valence-electron chi connectivity index (χ0n) is 15.9. The van der Waals surface area contributed by atoms with E-state index in [1.165, 1.54) is 6.92 Å². The van der Waals surface area contributed by atoms with E-state index in [9.17, 15) is 9.59 Å². The van der Waals surface area contributed by atoms with E-state index >= 15 is 0 Å². The summed E-state index contributed by atoms with van der Waals surface area (Å²) in [5.41, 5.74) is 2.34. The quantitative estimate of drug-likeness (QED) is 0.788. The second-order valence-corrected chi connectivity index (χ2v) is 7.28. The van der Waals surface area contributed by atoms with E-state index in [1.807, 2.05) is 48.5 Å². The Labute approximate surface area is 170 Å². The Morgan fingerprint density at radius 1 is 1.04 bits per heavy atom. The minimum absolute atomic E-state index is 0.151. The average Bonchev–Trinajstić information content (AvgIpc) is 2.68. The molecule has 3 rings (SSSR count). The molecule has 0 bridgehead atoms. The molecule has 0 saturated carbocycles. The van der Waals surface area contributed by atoms with Crippen molar-refractivity contribution in [2.45, 2.75) is 13.5 Å². The Kier molecular flexibility index (Phi) is 6.85. The van der Waals surface area contributed by atoms with Crippen molar-refractivity contribution in [3.63, 3.8) is 0 Å². The van der Waals surface area contributed by atoms with Gasteiger partial charge in [0, 0.05) is 44.7 Å². The maximum atomic E-state index is 13.0. The molecular formula is C22H24ClN3O2. The minimum atomic E-state index is -0.255. The van der Waals surface area contributed by atoms with Gasteiger partial charge in [-0.15, -0.1) is 0 Å². The molecule has 0 unspecified atom stereocenters. The topological polar surface area (TPSA) is 52.7 Å². The molecule has 2 amide bonds. The molecule has 2 aromatic rings. The van der Waals surface area contributed by atoms with Crippen LogP contribution in [-0.4, -0.2) is 47.8 Å². The first-order chi connectivity index (χ1) is 13.5. The van der Waals surface area contributed by atoms with Crippen LogP contribution >= 0.6 is 11.6 Å². The standard InChI is InChI=1S/C22H24ClN3O2/c1-17(27)24-21(15-18-6-3-2-4-7-18)22(28)26-12-10-25(11-13-26)16-19-8-5-9-20(23)14-19/h2-9,14-15H,10-13,16H2,1H3,(H,24,27)/b21-15-. The van der Waals surface area contributed by atoms with Crippen molar-refractivity contribution in [1.29, 1.82) is 0 Å². The summed E-state index contributed by atoms with van der Waals surface area (Å²) in [5.74, 6) is -0.406. The van der Waals surface area contributed by atoms with Gasteiger partial charge in [-0.2, -0.15) is 0 Å². The summed E-state index contributed by atoms with van der Waals surface area (Å²) in [6.07, 6.45) is 1.72. The molecule has 0 aromatic heterocycles. The van der Waals surface area contributed by atoms with Crippen LogP contribution in [0.15, 0.2) is 60.3 Å². The number of nitrogens with zero attached hydrogens (tertiary/aromatic N) is 2. The van der Waals surface area contributed by atoms with E-state index in [1.54, 1.807) is 11.0 Å². The minimum Gasteiger partial charge on any atom is -0.335 e. The molecule has 2 aromatic carbocycles. The van der Waals surface area contributed by atoms with E-state index < -0.39 is 0 Å². The number of carbonyl (C=O) groups is 2. The Morgan fingerprint density at radius 2 is 1.75 bits per heavy atom. The smallest absolute Gasteiger partial charge is 0.270 e. The van der Waals surface area contributed by atoms with Crippen LogP contribution in [0.5, 0.6) is 0 Å². The van der Waals surface area contributed by atoms with Crippen molar-refractivity contribution in [2.75, 3.05) is 26.2 Å². The fraction of sp³-hybridized carbons (Fsp3) is 0.273. The molecule has 1 N–H and O–H groups in total. The van der Waals surface area contributed by atoms with E-state index in [2.05, 4.69) is 16.3 Å². The van der Waals surface area contributed by atoms with Crippen LogP contribution in [0.4, 0.5) is 0 Å². The fourth-order valence-electron chi connectivity index (χ4n) is 3.23. The molecule has 0 atom stereocenters. The van der Waals surface area contributed by atoms with Gasteiger partial charge >= 0.3 is 0 Å². The molecule has 1 saturated heterocycles. The van der Waals surface area contributed by atoms with Crippen LogP contribution in [0.25, 0.3) is 6.08 Å². The maximum Gasteiger partial charge on any atom is 0.270 e. The van der Waals surface area contributed by atoms with Gasteiger partial charge in [-0.1, -0.05) is 54.1 Å². The molecule has 1 aliphatic heterocycles. The average molecular weight is 398 g/mol. The van der Waals surface area contributed by atoms with Gasteiger partial charge in [0.1, 0.15) is 5.70 Å². The van der Waals surface area contributed by atoms with Gasteiger partial charge < -0.3 is 10.2 Å². The number of hydrogen-bond acceptors (Lipinski definition) is 3. The summed E-state index contributed by atoms with van der Waals surface area (Å²) in [6, 6.07) is 17.4. The molecule has 5 nitrogen and oxygen atoms in total. The second kappa shape index (κ2) is 9.53. The van der Waals surface area contributed by atoms with E-state index in [0.717, 1.165) is 35.8 Å². The maximum absolute atomic E-state index is 13.0. The summed E-state index contributed by atoms with van der Waals surface area (Å²) in [6.45, 7) is 5.00. The van der Waals surface area contributed by atoms with Gasteiger partial charge in [-0.3, -0.25) is 14.5 Å². The largest absolute Gasteiger partial charge is 0.335 e. The number of piperazine rings is 1. The van der Waals surface area contributed by atoms with Gasteiger partial charge in [-0.05, 0) is 29.3 Å². The highest BCUT2D eigenvalue weighted by molar-refractivity contribution is 6.30. The normalized spacial score (nSPS) is 15.4. The third kappa shape index (κ3) is 5.68. The van der Waals surface area contributed by atoms with E-state index in [-0.39, 0.29) is 11.8 Å². The summed E-state index contributed by atoms with van der Waals surface area (Å²) in [7, 11) is 0. The predicted octanol–water partition coefficient (Wildman–Crippen LogP) is 3.16. The van der Waals surface area contributed by atoms with Crippen LogP contribution in [0, 0.1) is 0 Å². The van der Waals surface area contributed by atoms with Crippen LogP contribution in [0.3, 0.4) is 0 Å². The molecule has 0 aliphatic carbocycles. The summed E-state index contributed by atoms with van der Waals surface area (Å²) in [4.78, 5) is 28.6. The first-order valence-electron chi connectivity index (χ1n) is 9.31. The number of carbonyl (C=O) groups excluding carboxylic acids is 2. The molecule has 1 aliphatic rings. The number of rotatable bonds is 5. The number of hydrogen-bond donors (Lipinski definition) is 1. The lowest BCUT2D eigenvalue weighted by atomic mass is 10.1. The highest BCUT2D eigenvalue weighted by Gasteiger charge is 2.24. The number of nitrogens with one attached hydrogen (secondary N) is 1. The Bertz CT molecular complexity index is 859. The van der Waals surface area contributed by atoms with Crippen molar-refractivity contribution in [3.05, 3.63) is 76.4 Å². The summed E-state index contributed by atoms with van der Waals surface area (Å²) < 4.78 is 0. The molecule has 6 heteroatoms. The molecule has 1 heterocycles. The SMILES string of the molecule is CC(=O)N/C(=C\c1ccccc1)C(=O)N1CCN(Cc2cccc(Cl)c2)CC1. The summed E-state index contributed by atoms with van der Waals surface area (Å²) in [5, 5.41) is 3.42. The number of halogens is 1. The Balaban J connectivity index is 1.63. The van der Waals surface area contributed by atoms with Gasteiger partial charge in [0.2, 0.25) is 5.91 Å². The molecular weight excluding hydrogens is 374 g/mol. The molecule has 0 spiro atoms. The predicted molar refractivity (Wildman–Crippen MR) is 112 cm³/mol. The second-order valence-electron chi connectivity index (χ2n) is 6.85. The first kappa shape index (κ1) is 20.1. The van der Waals surface area contributed by atoms with Gasteiger partial charge in [0.15, 0.2) is 0 Å². The van der Waals surface area contributed by atoms with Crippen molar-refractivity contribution in [3.8, 4) is 0 Å². The first-order valence-corrected chi connectivity index (χ1v) is 9.69. The Hall–Kier alpha value is -2.63. The third-order valence-electron chi connectivity index (χ3n) is 4.61. The van der Waals surface area contributed by atoms with Crippen molar-refractivity contribution in [1.82, 2.24) is 15.1 Å². The van der Waals surface area contributed by atoms with Crippen LogP contribution in [-0.2, 0) is 16.1 Å². The van der Waals surface area contributed by atoms with Crippen molar-refractivity contribution >= 4 is 29.5 Å². The zero-order chi connectivity index (χ0) is 19.9. The highest BCUT2D eigenvalue weighted by Crippen LogP contribution is 2.15. The van der Waals surface area contributed by atoms with E-state index in [4.69, 9.17) is 11.6 Å². The van der Waals surface area contributed by atoms with Crippen LogP contribution in [0.1, 0.15) is 18.1 Å². The number of benzene rings is 2. The van der Waals surface area contributed by atoms with Crippen LogP contribution in [0.2, 0.25) is 5.02 Å². The van der Waals surface area contributed by atoms with Crippen molar-refractivity contribution in [2.24, 2.45) is 0 Å². The van der Waals surface area contributed by atoms with Crippen LogP contribution < -0.4 is 5.32 Å². The van der Waals surface area contributed by atoms with Crippen molar-refractivity contribution < 1.29 is 9.59 Å². The van der Waals surface area contributed by atoms with Gasteiger partial charge in [0.05, 0.1) is 0 Å². The van der Waals surface area contributed by atoms with Gasteiger partial charge in [-0.25, -0.2) is 0 Å². The molecule has 1 fully saturated rings. The number of amides is 2. The lowest BCUT2D eigenvalue weighted by Gasteiger charge is -2.35.